The van der Waals surface area contributed by atoms with Gasteiger partial charge in [0.15, 0.2) is 6.10 Å². The number of anilines is 1. The topological polar surface area (TPSA) is 78.0 Å². The molecule has 2 heterocycles. The molecule has 2 unspecified atom stereocenters. The van der Waals surface area contributed by atoms with Gasteiger partial charge >= 0.3 is 5.97 Å². The first kappa shape index (κ1) is 21.3. The SMILES string of the molecule is COCCc1nc(-c2ccc3c(c2)N(C(C)C(=O)OC(C)C)C(=O)C(C)O3)cs1. The third kappa shape index (κ3) is 4.59. The number of hydrogen-bond acceptors (Lipinski definition) is 7. The Bertz CT molecular complexity index is 895. The maximum Gasteiger partial charge on any atom is 0.329 e. The first-order valence-electron chi connectivity index (χ1n) is 9.59. The summed E-state index contributed by atoms with van der Waals surface area (Å²) in [6.45, 7) is 7.52. The van der Waals surface area contributed by atoms with E-state index >= 15 is 0 Å². The molecule has 7 nitrogen and oxygen atoms in total. The molecule has 1 aliphatic heterocycles. The zero-order chi connectivity index (χ0) is 21.1. The molecule has 0 radical (unpaired) electrons. The van der Waals surface area contributed by atoms with Gasteiger partial charge < -0.3 is 14.2 Å². The highest BCUT2D eigenvalue weighted by Crippen LogP contribution is 2.39. The molecule has 0 N–H and O–H groups in total. The maximum atomic E-state index is 12.9. The van der Waals surface area contributed by atoms with Gasteiger partial charge in [-0.1, -0.05) is 0 Å². The van der Waals surface area contributed by atoms with Crippen LogP contribution in [-0.4, -0.2) is 48.8 Å². The van der Waals surface area contributed by atoms with Crippen LogP contribution in [0.2, 0.25) is 0 Å². The van der Waals surface area contributed by atoms with E-state index in [2.05, 4.69) is 4.98 Å². The number of thiazole rings is 1. The van der Waals surface area contributed by atoms with Crippen LogP contribution in [0.15, 0.2) is 23.6 Å². The van der Waals surface area contributed by atoms with Crippen LogP contribution < -0.4 is 9.64 Å². The van der Waals surface area contributed by atoms with E-state index < -0.39 is 18.1 Å². The van der Waals surface area contributed by atoms with E-state index in [4.69, 9.17) is 14.2 Å². The van der Waals surface area contributed by atoms with Gasteiger partial charge in [0.05, 0.1) is 29.1 Å². The van der Waals surface area contributed by atoms with E-state index in [0.717, 1.165) is 22.7 Å². The van der Waals surface area contributed by atoms with Crippen molar-refractivity contribution in [2.45, 2.75) is 52.4 Å². The van der Waals surface area contributed by atoms with Gasteiger partial charge in [-0.15, -0.1) is 11.3 Å². The predicted octanol–water partition coefficient (Wildman–Crippen LogP) is 3.45. The third-order valence-corrected chi connectivity index (χ3v) is 5.46. The Morgan fingerprint density at radius 3 is 2.79 bits per heavy atom. The van der Waals surface area contributed by atoms with Crippen LogP contribution in [0.4, 0.5) is 5.69 Å². The summed E-state index contributed by atoms with van der Waals surface area (Å²) in [5, 5.41) is 2.95. The number of nitrogens with zero attached hydrogens (tertiary/aromatic N) is 2. The van der Waals surface area contributed by atoms with Crippen molar-refractivity contribution in [3.63, 3.8) is 0 Å². The highest BCUT2D eigenvalue weighted by atomic mass is 32.1. The maximum absolute atomic E-state index is 12.9. The molecule has 2 atom stereocenters. The first-order valence-corrected chi connectivity index (χ1v) is 10.5. The second kappa shape index (κ2) is 8.92. The van der Waals surface area contributed by atoms with Gasteiger partial charge in [-0.3, -0.25) is 9.69 Å². The molecule has 8 heteroatoms. The normalized spacial score (nSPS) is 17.1. The molecule has 1 aliphatic rings. The van der Waals surface area contributed by atoms with E-state index in [1.165, 1.54) is 4.90 Å². The van der Waals surface area contributed by atoms with E-state index in [1.54, 1.807) is 46.1 Å². The number of hydrogen-bond donors (Lipinski definition) is 0. The second-order valence-electron chi connectivity index (χ2n) is 7.18. The van der Waals surface area contributed by atoms with Crippen molar-refractivity contribution in [3.05, 3.63) is 28.6 Å². The summed E-state index contributed by atoms with van der Waals surface area (Å²) in [7, 11) is 1.66. The van der Waals surface area contributed by atoms with Gasteiger partial charge in [-0.2, -0.15) is 0 Å². The minimum Gasteiger partial charge on any atom is -0.479 e. The molecular formula is C21H26N2O5S. The number of ether oxygens (including phenoxy) is 3. The highest BCUT2D eigenvalue weighted by Gasteiger charge is 2.38. The molecule has 0 saturated heterocycles. The number of amides is 1. The molecule has 0 saturated carbocycles. The lowest BCUT2D eigenvalue weighted by Crippen LogP contribution is -2.52. The summed E-state index contributed by atoms with van der Waals surface area (Å²) >= 11 is 1.56. The van der Waals surface area contributed by atoms with Gasteiger partial charge in [0.25, 0.3) is 5.91 Å². The number of methoxy groups -OCH3 is 1. The summed E-state index contributed by atoms with van der Waals surface area (Å²) in [6, 6.07) is 4.80. The van der Waals surface area contributed by atoms with Crippen molar-refractivity contribution in [3.8, 4) is 17.0 Å². The molecule has 0 bridgehead atoms. The smallest absolute Gasteiger partial charge is 0.329 e. The fraction of sp³-hybridized carbons (Fsp3) is 0.476. The molecule has 0 aliphatic carbocycles. The molecule has 0 spiro atoms. The van der Waals surface area contributed by atoms with E-state index in [-0.39, 0.29) is 12.0 Å². The Hall–Kier alpha value is -2.45. The lowest BCUT2D eigenvalue weighted by Gasteiger charge is -2.36. The Balaban J connectivity index is 1.95. The van der Waals surface area contributed by atoms with Crippen molar-refractivity contribution in [1.82, 2.24) is 4.98 Å². The summed E-state index contributed by atoms with van der Waals surface area (Å²) < 4.78 is 16.2. The lowest BCUT2D eigenvalue weighted by molar-refractivity contribution is -0.150. The highest BCUT2D eigenvalue weighted by molar-refractivity contribution is 7.09. The van der Waals surface area contributed by atoms with Crippen molar-refractivity contribution in [1.29, 1.82) is 0 Å². The van der Waals surface area contributed by atoms with Crippen LogP contribution in [-0.2, 0) is 25.5 Å². The van der Waals surface area contributed by atoms with Crippen LogP contribution >= 0.6 is 11.3 Å². The lowest BCUT2D eigenvalue weighted by atomic mass is 10.1. The van der Waals surface area contributed by atoms with Crippen LogP contribution in [0.1, 0.15) is 32.7 Å². The molecule has 0 fully saturated rings. The zero-order valence-electron chi connectivity index (χ0n) is 17.3. The molecular weight excluding hydrogens is 392 g/mol. The van der Waals surface area contributed by atoms with Crippen molar-refractivity contribution >= 4 is 28.9 Å². The Labute approximate surface area is 174 Å². The molecule has 3 rings (SSSR count). The van der Waals surface area contributed by atoms with Crippen LogP contribution in [0.3, 0.4) is 0 Å². The predicted molar refractivity (Wildman–Crippen MR) is 111 cm³/mol. The minimum atomic E-state index is -0.766. The van der Waals surface area contributed by atoms with Crippen LogP contribution in [0.5, 0.6) is 5.75 Å². The quantitative estimate of drug-likeness (QED) is 0.641. The molecule has 156 valence electrons. The largest absolute Gasteiger partial charge is 0.479 e. The van der Waals surface area contributed by atoms with Crippen molar-refractivity contribution in [2.24, 2.45) is 0 Å². The number of carbonyl (C=O) groups excluding carboxylic acids is 2. The third-order valence-electron chi connectivity index (χ3n) is 4.56. The molecule has 1 amide bonds. The Morgan fingerprint density at radius 1 is 1.34 bits per heavy atom. The number of esters is 1. The monoisotopic (exact) mass is 418 g/mol. The second-order valence-corrected chi connectivity index (χ2v) is 8.12. The average molecular weight is 419 g/mol. The standard InChI is InChI=1S/C21H26N2O5S/c1-12(2)27-21(25)13(3)23-17-10-15(6-7-18(17)28-14(4)20(23)24)16-11-29-19(22-16)8-9-26-5/h6-7,10-14H,8-9H2,1-5H3. The number of fused-ring (bicyclic) bond motifs is 1. The Morgan fingerprint density at radius 2 is 2.10 bits per heavy atom. The van der Waals surface area contributed by atoms with E-state index in [9.17, 15) is 9.59 Å². The molecule has 29 heavy (non-hydrogen) atoms. The van der Waals surface area contributed by atoms with Crippen molar-refractivity contribution < 1.29 is 23.8 Å². The summed E-state index contributed by atoms with van der Waals surface area (Å²) in [4.78, 5) is 31.5. The fourth-order valence-electron chi connectivity index (χ4n) is 3.10. The minimum absolute atomic E-state index is 0.259. The summed E-state index contributed by atoms with van der Waals surface area (Å²) in [6.07, 6.45) is -0.192. The summed E-state index contributed by atoms with van der Waals surface area (Å²) in [5.41, 5.74) is 2.21. The fourth-order valence-corrected chi connectivity index (χ4v) is 3.89. The Kier molecular flexibility index (Phi) is 6.54. The van der Waals surface area contributed by atoms with Gasteiger partial charge in [0.1, 0.15) is 11.8 Å². The van der Waals surface area contributed by atoms with E-state index in [0.29, 0.717) is 18.0 Å². The zero-order valence-corrected chi connectivity index (χ0v) is 18.1. The van der Waals surface area contributed by atoms with E-state index in [1.807, 2.05) is 23.6 Å². The van der Waals surface area contributed by atoms with Gasteiger partial charge in [0.2, 0.25) is 0 Å². The van der Waals surface area contributed by atoms with Gasteiger partial charge in [-0.25, -0.2) is 9.78 Å². The van der Waals surface area contributed by atoms with Gasteiger partial charge in [-0.05, 0) is 45.9 Å². The summed E-state index contributed by atoms with van der Waals surface area (Å²) in [5.74, 6) is -0.170. The van der Waals surface area contributed by atoms with Gasteiger partial charge in [0, 0.05) is 24.5 Å². The number of benzene rings is 1. The van der Waals surface area contributed by atoms with Crippen LogP contribution in [0.25, 0.3) is 11.3 Å². The first-order chi connectivity index (χ1) is 13.8. The number of carbonyl (C=O) groups is 2. The molecule has 2 aromatic rings. The number of rotatable bonds is 7. The molecule has 1 aromatic heterocycles. The van der Waals surface area contributed by atoms with Crippen molar-refractivity contribution in [2.75, 3.05) is 18.6 Å². The van der Waals surface area contributed by atoms with Crippen LogP contribution in [0, 0.1) is 0 Å². The number of aromatic nitrogens is 1. The average Bonchev–Trinajstić information content (AvgIpc) is 3.15. The molecule has 1 aromatic carbocycles.